The fraction of sp³-hybridized carbons (Fsp3) is 0.176. The first-order valence-electron chi connectivity index (χ1n) is 7.30. The van der Waals surface area contributed by atoms with E-state index >= 15 is 0 Å². The molecule has 1 heterocycles. The monoisotopic (exact) mass is 381 g/mol. The normalized spacial score (nSPS) is 12.3. The number of halogens is 3. The van der Waals surface area contributed by atoms with Crippen LogP contribution in [0.15, 0.2) is 47.0 Å². The second kappa shape index (κ2) is 7.53. The first-order valence-corrected chi connectivity index (χ1v) is 8.43. The highest BCUT2D eigenvalue weighted by molar-refractivity contribution is 6.42. The number of aromatic nitrogens is 2. The maximum Gasteiger partial charge on any atom is 0.240 e. The Morgan fingerprint density at radius 2 is 1.79 bits per heavy atom. The number of rotatable bonds is 5. The van der Waals surface area contributed by atoms with Gasteiger partial charge < -0.3 is 9.84 Å². The molecule has 7 heteroatoms. The zero-order valence-electron chi connectivity index (χ0n) is 12.8. The Labute approximate surface area is 154 Å². The Morgan fingerprint density at radius 1 is 1.04 bits per heavy atom. The summed E-state index contributed by atoms with van der Waals surface area (Å²) in [5.41, 5.74) is 1.88. The summed E-state index contributed by atoms with van der Waals surface area (Å²) in [5.74, 6) is 1.04. The molecule has 3 aromatic rings. The van der Waals surface area contributed by atoms with Gasteiger partial charge in [0.2, 0.25) is 11.7 Å². The number of hydrogen-bond donors (Lipinski definition) is 1. The van der Waals surface area contributed by atoms with Crippen molar-refractivity contribution in [2.75, 3.05) is 0 Å². The Kier molecular flexibility index (Phi) is 5.41. The third kappa shape index (κ3) is 4.08. The fourth-order valence-corrected chi connectivity index (χ4v) is 2.62. The van der Waals surface area contributed by atoms with E-state index in [1.165, 1.54) is 0 Å². The highest BCUT2D eigenvalue weighted by atomic mass is 35.5. The van der Waals surface area contributed by atoms with Gasteiger partial charge in [-0.05, 0) is 48.9 Å². The summed E-state index contributed by atoms with van der Waals surface area (Å²) in [5, 5.41) is 9.04. The SMILES string of the molecule is C[C@@H](NCc1nc(-c2ccc(Cl)cc2)no1)c1ccc(Cl)c(Cl)c1. The lowest BCUT2D eigenvalue weighted by Gasteiger charge is -2.13. The van der Waals surface area contributed by atoms with Gasteiger partial charge in [-0.1, -0.05) is 46.0 Å². The molecule has 24 heavy (non-hydrogen) atoms. The molecule has 0 unspecified atom stereocenters. The fourth-order valence-electron chi connectivity index (χ4n) is 2.18. The molecule has 1 N–H and O–H groups in total. The lowest BCUT2D eigenvalue weighted by molar-refractivity contribution is 0.360. The smallest absolute Gasteiger partial charge is 0.240 e. The topological polar surface area (TPSA) is 51.0 Å². The molecule has 1 atom stereocenters. The first-order chi connectivity index (χ1) is 11.5. The van der Waals surface area contributed by atoms with Gasteiger partial charge in [0.1, 0.15) is 0 Å². The van der Waals surface area contributed by atoms with E-state index in [1.807, 2.05) is 31.2 Å². The van der Waals surface area contributed by atoms with Crippen molar-refractivity contribution in [3.05, 3.63) is 69.0 Å². The molecule has 0 aliphatic carbocycles. The second-order valence-corrected chi connectivity index (χ2v) is 6.55. The molecule has 0 spiro atoms. The van der Waals surface area contributed by atoms with Gasteiger partial charge in [-0.25, -0.2) is 0 Å². The van der Waals surface area contributed by atoms with Crippen LogP contribution in [0.25, 0.3) is 11.4 Å². The van der Waals surface area contributed by atoms with E-state index in [4.69, 9.17) is 39.3 Å². The van der Waals surface area contributed by atoms with Crippen molar-refractivity contribution >= 4 is 34.8 Å². The van der Waals surface area contributed by atoms with E-state index in [0.717, 1.165) is 11.1 Å². The van der Waals surface area contributed by atoms with Gasteiger partial charge in [0, 0.05) is 16.6 Å². The summed E-state index contributed by atoms with van der Waals surface area (Å²) in [6, 6.07) is 12.9. The summed E-state index contributed by atoms with van der Waals surface area (Å²) in [4.78, 5) is 4.38. The molecule has 0 aliphatic rings. The summed E-state index contributed by atoms with van der Waals surface area (Å²) in [7, 11) is 0. The minimum absolute atomic E-state index is 0.0608. The number of benzene rings is 2. The highest BCUT2D eigenvalue weighted by Gasteiger charge is 2.11. The Hall–Kier alpha value is -1.59. The largest absolute Gasteiger partial charge is 0.338 e. The minimum Gasteiger partial charge on any atom is -0.338 e. The zero-order valence-corrected chi connectivity index (χ0v) is 15.0. The average molecular weight is 383 g/mol. The molecule has 0 fully saturated rings. The number of nitrogens with zero attached hydrogens (tertiary/aromatic N) is 2. The molecule has 0 amide bonds. The van der Waals surface area contributed by atoms with Gasteiger partial charge in [0.05, 0.1) is 16.6 Å². The quantitative estimate of drug-likeness (QED) is 0.628. The highest BCUT2D eigenvalue weighted by Crippen LogP contribution is 2.25. The lowest BCUT2D eigenvalue weighted by atomic mass is 10.1. The van der Waals surface area contributed by atoms with Crippen molar-refractivity contribution in [1.82, 2.24) is 15.5 Å². The Bertz CT molecular complexity index is 833. The van der Waals surface area contributed by atoms with Gasteiger partial charge in [0.15, 0.2) is 0 Å². The minimum atomic E-state index is 0.0608. The average Bonchev–Trinajstić information content (AvgIpc) is 3.05. The van der Waals surface area contributed by atoms with Crippen LogP contribution in [0.5, 0.6) is 0 Å². The van der Waals surface area contributed by atoms with E-state index in [2.05, 4.69) is 15.5 Å². The van der Waals surface area contributed by atoms with E-state index in [9.17, 15) is 0 Å². The van der Waals surface area contributed by atoms with Gasteiger partial charge in [-0.15, -0.1) is 0 Å². The van der Waals surface area contributed by atoms with Crippen LogP contribution >= 0.6 is 34.8 Å². The molecule has 0 aliphatic heterocycles. The second-order valence-electron chi connectivity index (χ2n) is 5.29. The van der Waals surface area contributed by atoms with Crippen LogP contribution in [0, 0.1) is 0 Å². The third-order valence-corrected chi connectivity index (χ3v) is 4.56. The van der Waals surface area contributed by atoms with E-state index in [-0.39, 0.29) is 6.04 Å². The molecule has 0 radical (unpaired) electrons. The summed E-state index contributed by atoms with van der Waals surface area (Å²) >= 11 is 17.9. The van der Waals surface area contributed by atoms with Crippen molar-refractivity contribution < 1.29 is 4.52 Å². The van der Waals surface area contributed by atoms with Crippen LogP contribution in [0.3, 0.4) is 0 Å². The van der Waals surface area contributed by atoms with E-state index < -0.39 is 0 Å². The van der Waals surface area contributed by atoms with Crippen LogP contribution in [0.1, 0.15) is 24.4 Å². The standard InChI is InChI=1S/C17H14Cl3N3O/c1-10(12-4-7-14(19)15(20)8-12)21-9-16-22-17(23-24-16)11-2-5-13(18)6-3-11/h2-8,10,21H,9H2,1H3/t10-/m1/s1. The maximum absolute atomic E-state index is 6.05. The molecular weight excluding hydrogens is 369 g/mol. The molecular formula is C17H14Cl3N3O. The molecule has 0 bridgehead atoms. The van der Waals surface area contributed by atoms with Crippen LogP contribution in [0.4, 0.5) is 0 Å². The van der Waals surface area contributed by atoms with Crippen molar-refractivity contribution in [3.8, 4) is 11.4 Å². The molecule has 3 rings (SSSR count). The Morgan fingerprint density at radius 3 is 2.50 bits per heavy atom. The van der Waals surface area contributed by atoms with E-state index in [0.29, 0.717) is 33.3 Å². The maximum atomic E-state index is 6.05. The third-order valence-electron chi connectivity index (χ3n) is 3.57. The molecule has 1 aromatic heterocycles. The van der Waals surface area contributed by atoms with Crippen LogP contribution < -0.4 is 5.32 Å². The van der Waals surface area contributed by atoms with Gasteiger partial charge >= 0.3 is 0 Å². The molecule has 2 aromatic carbocycles. The molecule has 4 nitrogen and oxygen atoms in total. The summed E-state index contributed by atoms with van der Waals surface area (Å²) in [6.07, 6.45) is 0. The van der Waals surface area contributed by atoms with Crippen LogP contribution in [-0.2, 0) is 6.54 Å². The first kappa shape index (κ1) is 17.2. The van der Waals surface area contributed by atoms with E-state index in [1.54, 1.807) is 18.2 Å². The summed E-state index contributed by atoms with van der Waals surface area (Å²) < 4.78 is 5.27. The molecule has 124 valence electrons. The van der Waals surface area contributed by atoms with Crippen molar-refractivity contribution in [3.63, 3.8) is 0 Å². The predicted octanol–water partition coefficient (Wildman–Crippen LogP) is 5.55. The predicted molar refractivity (Wildman–Crippen MR) is 96.5 cm³/mol. The van der Waals surface area contributed by atoms with Crippen molar-refractivity contribution in [1.29, 1.82) is 0 Å². The lowest BCUT2D eigenvalue weighted by Crippen LogP contribution is -2.18. The van der Waals surface area contributed by atoms with Crippen molar-refractivity contribution in [2.45, 2.75) is 19.5 Å². The zero-order chi connectivity index (χ0) is 17.1. The number of hydrogen-bond acceptors (Lipinski definition) is 4. The molecule has 0 saturated carbocycles. The van der Waals surface area contributed by atoms with Gasteiger partial charge in [-0.3, -0.25) is 0 Å². The number of nitrogens with one attached hydrogen (secondary N) is 1. The van der Waals surface area contributed by atoms with Crippen LogP contribution in [-0.4, -0.2) is 10.1 Å². The van der Waals surface area contributed by atoms with Gasteiger partial charge in [0.25, 0.3) is 0 Å². The summed E-state index contributed by atoms with van der Waals surface area (Å²) in [6.45, 7) is 2.47. The van der Waals surface area contributed by atoms with Crippen LogP contribution in [0.2, 0.25) is 15.1 Å². The Balaban J connectivity index is 1.64. The van der Waals surface area contributed by atoms with Gasteiger partial charge in [-0.2, -0.15) is 4.98 Å². The van der Waals surface area contributed by atoms with Crippen molar-refractivity contribution in [2.24, 2.45) is 0 Å². The molecule has 0 saturated heterocycles.